The molecule has 1 N–H and O–H groups in total. The number of aliphatic hydroxyl groups is 1. The summed E-state index contributed by atoms with van der Waals surface area (Å²) in [5, 5.41) is 19.3. The number of rotatable bonds is 7. The zero-order chi connectivity index (χ0) is 22.3. The number of hydrogen-bond donors (Lipinski definition) is 1. The minimum atomic E-state index is -0.540. The standard InChI is InChI=1S/C25H25N3O4/c26-16-19-6-8-21(9-7-19)31-18-22-10-11-24(32-22)25(30)28-14-12-27(13-15-28)17-23(29)20-4-2-1-3-5-20/h1-11,23,29H,12-15,17-18H2. The van der Waals surface area contributed by atoms with E-state index in [0.717, 1.165) is 5.56 Å². The summed E-state index contributed by atoms with van der Waals surface area (Å²) in [7, 11) is 0. The summed E-state index contributed by atoms with van der Waals surface area (Å²) in [4.78, 5) is 16.7. The van der Waals surface area contributed by atoms with Crippen LogP contribution in [0.15, 0.2) is 71.1 Å². The molecule has 1 aliphatic heterocycles. The molecular weight excluding hydrogens is 406 g/mol. The van der Waals surface area contributed by atoms with Gasteiger partial charge in [-0.05, 0) is 42.0 Å². The number of carbonyl (C=O) groups is 1. The van der Waals surface area contributed by atoms with Crippen molar-refractivity contribution in [1.82, 2.24) is 9.80 Å². The van der Waals surface area contributed by atoms with E-state index in [1.165, 1.54) is 0 Å². The smallest absolute Gasteiger partial charge is 0.289 e. The molecule has 1 aliphatic rings. The molecule has 0 bridgehead atoms. The lowest BCUT2D eigenvalue weighted by molar-refractivity contribution is 0.0501. The normalized spacial score (nSPS) is 15.2. The first kappa shape index (κ1) is 21.6. The molecule has 7 nitrogen and oxygen atoms in total. The van der Waals surface area contributed by atoms with Crippen LogP contribution in [-0.2, 0) is 6.61 Å². The van der Waals surface area contributed by atoms with Gasteiger partial charge in [-0.3, -0.25) is 9.69 Å². The number of hydrogen-bond acceptors (Lipinski definition) is 6. The molecule has 0 saturated carbocycles. The van der Waals surface area contributed by atoms with Gasteiger partial charge in [0.2, 0.25) is 0 Å². The first-order valence-corrected chi connectivity index (χ1v) is 10.6. The molecule has 2 heterocycles. The van der Waals surface area contributed by atoms with Crippen LogP contribution >= 0.6 is 0 Å². The predicted molar refractivity (Wildman–Crippen MR) is 118 cm³/mol. The van der Waals surface area contributed by atoms with Gasteiger partial charge in [-0.15, -0.1) is 0 Å². The Kier molecular flexibility index (Phi) is 6.85. The van der Waals surface area contributed by atoms with Gasteiger partial charge in [0, 0.05) is 32.7 Å². The molecular formula is C25H25N3O4. The van der Waals surface area contributed by atoms with Crippen LogP contribution in [0.25, 0.3) is 0 Å². The summed E-state index contributed by atoms with van der Waals surface area (Å²) >= 11 is 0. The average Bonchev–Trinajstić information content (AvgIpc) is 3.33. The van der Waals surface area contributed by atoms with Crippen LogP contribution in [-0.4, -0.2) is 53.5 Å². The second-order valence-electron chi connectivity index (χ2n) is 7.71. The highest BCUT2D eigenvalue weighted by Gasteiger charge is 2.25. The summed E-state index contributed by atoms with van der Waals surface area (Å²) in [6, 6.07) is 21.9. The third kappa shape index (κ3) is 5.35. The fourth-order valence-corrected chi connectivity index (χ4v) is 3.67. The third-order valence-electron chi connectivity index (χ3n) is 5.51. The quantitative estimate of drug-likeness (QED) is 0.618. The van der Waals surface area contributed by atoms with Gasteiger partial charge >= 0.3 is 0 Å². The van der Waals surface area contributed by atoms with Gasteiger partial charge < -0.3 is 19.2 Å². The number of amides is 1. The van der Waals surface area contributed by atoms with E-state index in [4.69, 9.17) is 14.4 Å². The first-order valence-electron chi connectivity index (χ1n) is 10.6. The van der Waals surface area contributed by atoms with E-state index < -0.39 is 6.10 Å². The molecule has 2 aromatic carbocycles. The van der Waals surface area contributed by atoms with Crippen molar-refractivity contribution < 1.29 is 19.1 Å². The van der Waals surface area contributed by atoms with Gasteiger partial charge in [-0.1, -0.05) is 30.3 Å². The molecule has 32 heavy (non-hydrogen) atoms. The van der Waals surface area contributed by atoms with Crippen molar-refractivity contribution in [3.8, 4) is 11.8 Å². The van der Waals surface area contributed by atoms with Crippen molar-refractivity contribution in [3.63, 3.8) is 0 Å². The van der Waals surface area contributed by atoms with Crippen LogP contribution in [0.4, 0.5) is 0 Å². The van der Waals surface area contributed by atoms with Gasteiger partial charge in [0.1, 0.15) is 18.1 Å². The lowest BCUT2D eigenvalue weighted by atomic mass is 10.1. The van der Waals surface area contributed by atoms with Crippen LogP contribution in [0, 0.1) is 11.3 Å². The fraction of sp³-hybridized carbons (Fsp3) is 0.280. The maximum atomic E-state index is 12.8. The number of β-amino-alcohol motifs (C(OH)–C–C–N with tert-alkyl or cyclic N) is 1. The highest BCUT2D eigenvalue weighted by atomic mass is 16.5. The maximum absolute atomic E-state index is 12.8. The summed E-state index contributed by atoms with van der Waals surface area (Å²) < 4.78 is 11.4. The number of carbonyl (C=O) groups excluding carboxylic acids is 1. The minimum Gasteiger partial charge on any atom is -0.486 e. The Morgan fingerprint density at radius 1 is 1.03 bits per heavy atom. The average molecular weight is 431 g/mol. The van der Waals surface area contributed by atoms with Crippen LogP contribution in [0.3, 0.4) is 0 Å². The molecule has 7 heteroatoms. The summed E-state index contributed by atoms with van der Waals surface area (Å²) in [6.45, 7) is 3.31. The monoisotopic (exact) mass is 431 g/mol. The van der Waals surface area contributed by atoms with Crippen LogP contribution in [0.5, 0.6) is 5.75 Å². The Balaban J connectivity index is 1.25. The molecule has 3 aromatic rings. The maximum Gasteiger partial charge on any atom is 0.289 e. The van der Waals surface area contributed by atoms with Crippen LogP contribution in [0.2, 0.25) is 0 Å². The van der Waals surface area contributed by atoms with Gasteiger partial charge in [0.15, 0.2) is 5.76 Å². The van der Waals surface area contributed by atoms with Gasteiger partial charge in [0.05, 0.1) is 17.7 Å². The van der Waals surface area contributed by atoms with Crippen LogP contribution < -0.4 is 4.74 Å². The van der Waals surface area contributed by atoms with Crippen molar-refractivity contribution in [3.05, 3.63) is 89.4 Å². The largest absolute Gasteiger partial charge is 0.486 e. The number of nitrogens with zero attached hydrogens (tertiary/aromatic N) is 3. The lowest BCUT2D eigenvalue weighted by Gasteiger charge is -2.35. The minimum absolute atomic E-state index is 0.141. The molecule has 1 atom stereocenters. The molecule has 1 fully saturated rings. The molecule has 0 aliphatic carbocycles. The number of aliphatic hydroxyl groups excluding tert-OH is 1. The molecule has 1 aromatic heterocycles. The Hall–Kier alpha value is -3.60. The van der Waals surface area contributed by atoms with Crippen molar-refractivity contribution >= 4 is 5.91 Å². The summed E-state index contributed by atoms with van der Waals surface area (Å²) in [5.41, 5.74) is 1.47. The number of benzene rings is 2. The van der Waals surface area contributed by atoms with E-state index in [-0.39, 0.29) is 12.5 Å². The highest BCUT2D eigenvalue weighted by molar-refractivity contribution is 5.91. The lowest BCUT2D eigenvalue weighted by Crippen LogP contribution is -2.49. The molecule has 4 rings (SSSR count). The SMILES string of the molecule is N#Cc1ccc(OCc2ccc(C(=O)N3CCN(CC(O)c4ccccc4)CC3)o2)cc1. The Labute approximate surface area is 187 Å². The predicted octanol–water partition coefficient (Wildman–Crippen LogP) is 3.22. The van der Waals surface area contributed by atoms with Crippen molar-refractivity contribution in [2.24, 2.45) is 0 Å². The molecule has 0 spiro atoms. The zero-order valence-electron chi connectivity index (χ0n) is 17.7. The van der Waals surface area contributed by atoms with Gasteiger partial charge in [0.25, 0.3) is 5.91 Å². The Bertz CT molecular complexity index is 1060. The molecule has 1 unspecified atom stereocenters. The second-order valence-corrected chi connectivity index (χ2v) is 7.71. The number of nitriles is 1. The van der Waals surface area contributed by atoms with Crippen molar-refractivity contribution in [2.45, 2.75) is 12.7 Å². The van der Waals surface area contributed by atoms with Gasteiger partial charge in [-0.2, -0.15) is 5.26 Å². The molecule has 164 valence electrons. The summed E-state index contributed by atoms with van der Waals surface area (Å²) in [5.74, 6) is 1.34. The van der Waals surface area contributed by atoms with E-state index in [2.05, 4.69) is 11.0 Å². The number of ether oxygens (including phenoxy) is 1. The molecule has 1 saturated heterocycles. The van der Waals surface area contributed by atoms with Crippen molar-refractivity contribution in [2.75, 3.05) is 32.7 Å². The first-order chi connectivity index (χ1) is 15.6. The Morgan fingerprint density at radius 3 is 2.44 bits per heavy atom. The van der Waals surface area contributed by atoms with Crippen molar-refractivity contribution in [1.29, 1.82) is 5.26 Å². The Morgan fingerprint density at radius 2 is 1.75 bits per heavy atom. The number of furan rings is 1. The zero-order valence-corrected chi connectivity index (χ0v) is 17.7. The van der Waals surface area contributed by atoms with E-state index in [1.54, 1.807) is 41.3 Å². The van der Waals surface area contributed by atoms with E-state index in [0.29, 0.717) is 55.6 Å². The number of piperazine rings is 1. The summed E-state index contributed by atoms with van der Waals surface area (Å²) in [6.07, 6.45) is -0.540. The van der Waals surface area contributed by atoms with E-state index >= 15 is 0 Å². The second kappa shape index (κ2) is 10.1. The van der Waals surface area contributed by atoms with Gasteiger partial charge in [-0.25, -0.2) is 0 Å². The van der Waals surface area contributed by atoms with Crippen LogP contribution in [0.1, 0.15) is 33.5 Å². The molecule has 1 amide bonds. The molecule has 0 radical (unpaired) electrons. The van der Waals surface area contributed by atoms with E-state index in [1.807, 2.05) is 30.3 Å². The highest BCUT2D eigenvalue weighted by Crippen LogP contribution is 2.18. The fourth-order valence-electron chi connectivity index (χ4n) is 3.67. The van der Waals surface area contributed by atoms with E-state index in [9.17, 15) is 9.90 Å². The topological polar surface area (TPSA) is 89.9 Å². The third-order valence-corrected chi connectivity index (χ3v) is 5.51.